The number of aromatic amines is 2. The molecule has 0 saturated heterocycles. The van der Waals surface area contributed by atoms with Crippen molar-refractivity contribution in [1.29, 1.82) is 0 Å². The summed E-state index contributed by atoms with van der Waals surface area (Å²) in [6.45, 7) is 0. The molecule has 0 radical (unpaired) electrons. The van der Waals surface area contributed by atoms with Gasteiger partial charge < -0.3 is 0 Å². The minimum atomic E-state index is 0.655. The molecule has 0 amide bonds. The van der Waals surface area contributed by atoms with Crippen LogP contribution in [0.15, 0.2) is 18.5 Å². The smallest absolute Gasteiger partial charge is 0.237 e. The van der Waals surface area contributed by atoms with Crippen molar-refractivity contribution in [3.05, 3.63) is 23.2 Å². The number of hydrogen-bond donors (Lipinski definition) is 1. The van der Waals surface area contributed by atoms with Crippen molar-refractivity contribution in [3.63, 3.8) is 0 Å². The topological polar surface area (TPSA) is 29.9 Å². The number of nitrogens with one attached hydrogen (secondary N) is 2. The molecule has 0 aliphatic heterocycles. The number of rotatable bonds is 0. The van der Waals surface area contributed by atoms with E-state index in [1.807, 2.05) is 6.07 Å². The van der Waals surface area contributed by atoms with E-state index in [2.05, 4.69) is 9.97 Å². The third-order valence-corrected chi connectivity index (χ3v) is 0.857. The first-order valence-corrected chi connectivity index (χ1v) is 2.36. The van der Waals surface area contributed by atoms with Crippen LogP contribution in [0.4, 0.5) is 0 Å². The van der Waals surface area contributed by atoms with E-state index in [1.54, 1.807) is 12.4 Å². The van der Waals surface area contributed by atoms with Crippen LogP contribution in [0.2, 0.25) is 0 Å². The van der Waals surface area contributed by atoms with Crippen LogP contribution in [0.25, 0.3) is 0 Å². The fraction of sp³-hybridized carbons (Fsp3) is 0. The van der Waals surface area contributed by atoms with Crippen LogP contribution in [0.1, 0.15) is 0 Å². The molecule has 0 aromatic carbocycles. The van der Waals surface area contributed by atoms with Crippen molar-refractivity contribution >= 4 is 12.2 Å². The van der Waals surface area contributed by atoms with Gasteiger partial charge in [0.2, 0.25) is 0 Å². The van der Waals surface area contributed by atoms with Crippen molar-refractivity contribution in [2.45, 2.75) is 0 Å². The highest BCUT2D eigenvalue weighted by molar-refractivity contribution is 7.71. The van der Waals surface area contributed by atoms with Gasteiger partial charge in [-0.05, 0) is 0 Å². The Morgan fingerprint density at radius 1 is 1.71 bits per heavy atom. The largest absolute Gasteiger partial charge is 0.346 e. The van der Waals surface area contributed by atoms with E-state index < -0.39 is 0 Å². The van der Waals surface area contributed by atoms with E-state index in [0.717, 1.165) is 0 Å². The van der Waals surface area contributed by atoms with Gasteiger partial charge >= 0.3 is 4.77 Å². The summed E-state index contributed by atoms with van der Waals surface area (Å²) in [6.07, 6.45) is 3.55. The van der Waals surface area contributed by atoms with Crippen molar-refractivity contribution in [1.82, 2.24) is 4.98 Å². The van der Waals surface area contributed by atoms with Crippen molar-refractivity contribution in [3.8, 4) is 0 Å². The monoisotopic (exact) mass is 113 g/mol. The standard InChI is InChI=1S/C4H4N2S/c7-4-5-2-1-3-6-4/h1-3H,(H,5,6,7)/p+1. The van der Waals surface area contributed by atoms with Crippen LogP contribution in [0, 0.1) is 4.77 Å². The molecule has 2 nitrogen and oxygen atoms in total. The normalized spacial score (nSPS) is 8.57. The molecule has 0 aliphatic carbocycles. The lowest BCUT2D eigenvalue weighted by Crippen LogP contribution is -2.01. The van der Waals surface area contributed by atoms with Crippen LogP contribution in [0.3, 0.4) is 0 Å². The quantitative estimate of drug-likeness (QED) is 0.489. The van der Waals surface area contributed by atoms with Crippen LogP contribution in [0.5, 0.6) is 0 Å². The fourth-order valence-corrected chi connectivity index (χ4v) is 0.473. The minimum absolute atomic E-state index is 0.655. The van der Waals surface area contributed by atoms with Crippen LogP contribution in [-0.4, -0.2) is 4.98 Å². The van der Waals surface area contributed by atoms with Gasteiger partial charge in [0.05, 0.1) is 12.4 Å². The average Bonchev–Trinajstić information content (AvgIpc) is 1.69. The third kappa shape index (κ3) is 1.08. The number of hydrogen-bond acceptors (Lipinski definition) is 1. The molecule has 1 aromatic rings. The molecule has 36 valence electrons. The zero-order chi connectivity index (χ0) is 5.11. The summed E-state index contributed by atoms with van der Waals surface area (Å²) in [4.78, 5) is 5.58. The molecule has 3 heteroatoms. The van der Waals surface area contributed by atoms with Gasteiger partial charge in [0, 0.05) is 18.3 Å². The Hall–Kier alpha value is -0.700. The van der Waals surface area contributed by atoms with Gasteiger partial charge in [-0.3, -0.25) is 0 Å². The summed E-state index contributed by atoms with van der Waals surface area (Å²) in [7, 11) is 0. The molecule has 0 saturated carbocycles. The van der Waals surface area contributed by atoms with Crippen LogP contribution in [-0.2, 0) is 0 Å². The second kappa shape index (κ2) is 1.84. The molecule has 0 atom stereocenters. The average molecular weight is 113 g/mol. The summed E-state index contributed by atoms with van der Waals surface area (Å²) >= 11 is 4.70. The molecule has 1 heterocycles. The zero-order valence-corrected chi connectivity index (χ0v) is 4.46. The lowest BCUT2D eigenvalue weighted by Gasteiger charge is -1.68. The van der Waals surface area contributed by atoms with Crippen LogP contribution < -0.4 is 4.98 Å². The Morgan fingerprint density at radius 3 is 2.86 bits per heavy atom. The molecule has 2 N–H and O–H groups in total. The summed E-state index contributed by atoms with van der Waals surface area (Å²) < 4.78 is 0.655. The molecule has 0 fully saturated rings. The van der Waals surface area contributed by atoms with Gasteiger partial charge in [-0.25, -0.2) is 9.97 Å². The number of aromatic nitrogens is 2. The summed E-state index contributed by atoms with van der Waals surface area (Å²) in [5.41, 5.74) is 0. The SMILES string of the molecule is S=c1[nH]ccc[nH+]1. The highest BCUT2D eigenvalue weighted by Crippen LogP contribution is 1.67. The Bertz CT molecular complexity index is 175. The van der Waals surface area contributed by atoms with Crippen molar-refractivity contribution < 1.29 is 4.98 Å². The summed E-state index contributed by atoms with van der Waals surface area (Å²) in [5.74, 6) is 0. The van der Waals surface area contributed by atoms with Crippen LogP contribution >= 0.6 is 12.2 Å². The number of H-pyrrole nitrogens is 2. The van der Waals surface area contributed by atoms with Crippen molar-refractivity contribution in [2.75, 3.05) is 0 Å². The first-order valence-electron chi connectivity index (χ1n) is 1.95. The maximum absolute atomic E-state index is 4.70. The molecule has 0 spiro atoms. The van der Waals surface area contributed by atoms with E-state index >= 15 is 0 Å². The maximum atomic E-state index is 4.70. The lowest BCUT2D eigenvalue weighted by atomic mass is 10.7. The lowest BCUT2D eigenvalue weighted by molar-refractivity contribution is -0.391. The minimum Gasteiger partial charge on any atom is -0.237 e. The molecule has 0 unspecified atom stereocenters. The molecule has 0 aliphatic rings. The van der Waals surface area contributed by atoms with E-state index in [9.17, 15) is 0 Å². The Labute approximate surface area is 46.2 Å². The summed E-state index contributed by atoms with van der Waals surface area (Å²) in [5, 5.41) is 0. The molecular weight excluding hydrogens is 108 g/mol. The van der Waals surface area contributed by atoms with Gasteiger partial charge in [0.15, 0.2) is 0 Å². The van der Waals surface area contributed by atoms with E-state index in [-0.39, 0.29) is 0 Å². The predicted molar refractivity (Wildman–Crippen MR) is 28.2 cm³/mol. The Morgan fingerprint density at radius 2 is 2.57 bits per heavy atom. The van der Waals surface area contributed by atoms with E-state index in [1.165, 1.54) is 0 Å². The predicted octanol–water partition coefficient (Wildman–Crippen LogP) is 0.558. The molecule has 7 heavy (non-hydrogen) atoms. The molecule has 0 bridgehead atoms. The van der Waals surface area contributed by atoms with E-state index in [4.69, 9.17) is 12.2 Å². The fourth-order valence-electron chi connectivity index (χ4n) is 0.337. The molecule has 1 rings (SSSR count). The van der Waals surface area contributed by atoms with E-state index in [0.29, 0.717) is 4.77 Å². The Balaban J connectivity index is 3.28. The molecular formula is C4H5N2S+. The van der Waals surface area contributed by atoms with Gasteiger partial charge in [0.25, 0.3) is 0 Å². The van der Waals surface area contributed by atoms with Gasteiger partial charge in [0.1, 0.15) is 0 Å². The first kappa shape index (κ1) is 4.46. The highest BCUT2D eigenvalue weighted by atomic mass is 32.1. The Kier molecular flexibility index (Phi) is 1.17. The second-order valence-corrected chi connectivity index (χ2v) is 1.55. The zero-order valence-electron chi connectivity index (χ0n) is 3.64. The second-order valence-electron chi connectivity index (χ2n) is 1.14. The van der Waals surface area contributed by atoms with Gasteiger partial charge in [-0.2, -0.15) is 0 Å². The highest BCUT2D eigenvalue weighted by Gasteiger charge is 1.74. The van der Waals surface area contributed by atoms with Crippen molar-refractivity contribution in [2.24, 2.45) is 0 Å². The maximum Gasteiger partial charge on any atom is 0.346 e. The first-order chi connectivity index (χ1) is 3.39. The van der Waals surface area contributed by atoms with Gasteiger partial charge in [-0.15, -0.1) is 0 Å². The third-order valence-electron chi connectivity index (χ3n) is 0.621. The molecule has 1 aromatic heterocycles. The van der Waals surface area contributed by atoms with Gasteiger partial charge in [-0.1, -0.05) is 0 Å². The summed E-state index contributed by atoms with van der Waals surface area (Å²) in [6, 6.07) is 1.84.